The van der Waals surface area contributed by atoms with Gasteiger partial charge in [0, 0.05) is 37.4 Å². The lowest BCUT2D eigenvalue weighted by Crippen LogP contribution is -2.39. The van der Waals surface area contributed by atoms with Gasteiger partial charge in [-0.25, -0.2) is 22.8 Å². The number of aliphatic hydroxyl groups excluding tert-OH is 1. The average molecular weight is 461 g/mol. The molecule has 1 aliphatic carbocycles. The molecule has 172 valence electrons. The highest BCUT2D eigenvalue weighted by Crippen LogP contribution is 2.27. The largest absolute Gasteiger partial charge is 0.493 e. The fraction of sp³-hybridized carbons (Fsp3) is 0.476. The van der Waals surface area contributed by atoms with Crippen LogP contribution in [0.1, 0.15) is 32.1 Å². The number of hydrogen-bond donors (Lipinski definition) is 3. The Morgan fingerprint density at radius 2 is 1.97 bits per heavy atom. The average Bonchev–Trinajstić information content (AvgIpc) is 3.20. The Bertz CT molecular complexity index is 1160. The second-order valence-corrected chi connectivity index (χ2v) is 9.77. The zero-order valence-electron chi connectivity index (χ0n) is 17.9. The second-order valence-electron chi connectivity index (χ2n) is 7.99. The number of aliphatic hydroxyl groups is 1. The molecule has 3 aromatic rings. The van der Waals surface area contributed by atoms with Crippen LogP contribution in [-0.2, 0) is 10.0 Å². The third kappa shape index (κ3) is 5.53. The molecule has 0 bridgehead atoms. The zero-order valence-corrected chi connectivity index (χ0v) is 18.8. The van der Waals surface area contributed by atoms with E-state index in [9.17, 15) is 8.42 Å². The van der Waals surface area contributed by atoms with Crippen molar-refractivity contribution >= 4 is 26.9 Å². The summed E-state index contributed by atoms with van der Waals surface area (Å²) in [6.07, 6.45) is 8.41. The lowest BCUT2D eigenvalue weighted by molar-refractivity contribution is 0.235. The number of hydrogen-bond acceptors (Lipinski definition) is 8. The van der Waals surface area contributed by atoms with Crippen LogP contribution < -0.4 is 14.8 Å². The summed E-state index contributed by atoms with van der Waals surface area (Å²) < 4.78 is 33.1. The molecule has 0 saturated heterocycles. The summed E-state index contributed by atoms with van der Waals surface area (Å²) in [5.74, 6) is 1.87. The predicted molar refractivity (Wildman–Crippen MR) is 122 cm³/mol. The molecule has 1 saturated carbocycles. The fourth-order valence-corrected chi connectivity index (χ4v) is 4.80. The van der Waals surface area contributed by atoms with Gasteiger partial charge in [-0.2, -0.15) is 10.1 Å². The summed E-state index contributed by atoms with van der Waals surface area (Å²) in [6.45, 7) is 0.520. The van der Waals surface area contributed by atoms with Gasteiger partial charge in [-0.15, -0.1) is 0 Å². The van der Waals surface area contributed by atoms with Crippen molar-refractivity contribution in [2.45, 2.75) is 44.2 Å². The molecule has 0 atom stereocenters. The normalized spacial score (nSPS) is 19.2. The first kappa shape index (κ1) is 22.4. The lowest BCUT2D eigenvalue weighted by Gasteiger charge is -2.29. The molecule has 1 fully saturated rings. The van der Waals surface area contributed by atoms with Crippen molar-refractivity contribution in [1.82, 2.24) is 24.5 Å². The van der Waals surface area contributed by atoms with Gasteiger partial charge in [0.2, 0.25) is 16.0 Å². The van der Waals surface area contributed by atoms with E-state index in [1.165, 1.54) is 6.26 Å². The highest BCUT2D eigenvalue weighted by molar-refractivity contribution is 7.88. The molecule has 0 unspecified atom stereocenters. The summed E-state index contributed by atoms with van der Waals surface area (Å²) in [7, 11) is -3.18. The van der Waals surface area contributed by atoms with E-state index < -0.39 is 10.0 Å². The van der Waals surface area contributed by atoms with Crippen molar-refractivity contribution in [2.24, 2.45) is 0 Å². The number of aromatic nitrogens is 4. The van der Waals surface area contributed by atoms with Gasteiger partial charge in [-0.05, 0) is 37.8 Å². The smallest absolute Gasteiger partial charge is 0.224 e. The summed E-state index contributed by atoms with van der Waals surface area (Å²) in [4.78, 5) is 8.98. The van der Waals surface area contributed by atoms with E-state index in [0.717, 1.165) is 36.6 Å². The maximum absolute atomic E-state index is 11.4. The van der Waals surface area contributed by atoms with Crippen LogP contribution in [0.3, 0.4) is 0 Å². The number of sulfonamides is 1. The first-order valence-electron chi connectivity index (χ1n) is 10.7. The van der Waals surface area contributed by atoms with Gasteiger partial charge >= 0.3 is 0 Å². The molecule has 1 aliphatic rings. The van der Waals surface area contributed by atoms with E-state index in [0.29, 0.717) is 30.5 Å². The van der Waals surface area contributed by atoms with E-state index in [4.69, 9.17) is 9.84 Å². The molecule has 0 radical (unpaired) electrons. The molecular formula is C21H28N6O4S. The van der Waals surface area contributed by atoms with Crippen molar-refractivity contribution in [1.29, 1.82) is 0 Å². The topological polar surface area (TPSA) is 131 Å². The van der Waals surface area contributed by atoms with Crippen molar-refractivity contribution in [3.05, 3.63) is 36.7 Å². The summed E-state index contributed by atoms with van der Waals surface area (Å²) in [5.41, 5.74) is 0.864. The van der Waals surface area contributed by atoms with Crippen molar-refractivity contribution < 1.29 is 18.3 Å². The molecule has 2 aromatic heterocycles. The summed E-state index contributed by atoms with van der Waals surface area (Å²) >= 11 is 0. The SMILES string of the molecule is CS(=O)(=O)NC1CCC(Nc2nccc(-n3ncc4c(OCCCO)cccc43)n2)CC1. The third-order valence-corrected chi connectivity index (χ3v) is 6.19. The highest BCUT2D eigenvalue weighted by Gasteiger charge is 2.23. The summed E-state index contributed by atoms with van der Waals surface area (Å²) in [5, 5.41) is 17.7. The molecule has 2 heterocycles. The van der Waals surface area contributed by atoms with Gasteiger partial charge in [0.1, 0.15) is 5.75 Å². The highest BCUT2D eigenvalue weighted by atomic mass is 32.2. The molecule has 32 heavy (non-hydrogen) atoms. The van der Waals surface area contributed by atoms with Crippen LogP contribution in [0.2, 0.25) is 0 Å². The first-order valence-corrected chi connectivity index (χ1v) is 12.6. The van der Waals surface area contributed by atoms with Gasteiger partial charge < -0.3 is 15.2 Å². The van der Waals surface area contributed by atoms with Crippen LogP contribution in [0.5, 0.6) is 5.75 Å². The van der Waals surface area contributed by atoms with Crippen molar-refractivity contribution in [2.75, 3.05) is 24.8 Å². The molecule has 0 spiro atoms. The Balaban J connectivity index is 1.46. The fourth-order valence-electron chi connectivity index (χ4n) is 3.96. The first-order chi connectivity index (χ1) is 15.4. The van der Waals surface area contributed by atoms with Crippen molar-refractivity contribution in [3.8, 4) is 11.6 Å². The van der Waals surface area contributed by atoms with E-state index in [1.54, 1.807) is 23.1 Å². The van der Waals surface area contributed by atoms with Crippen LogP contribution in [-0.4, -0.2) is 64.8 Å². The van der Waals surface area contributed by atoms with Gasteiger partial charge in [0.25, 0.3) is 0 Å². The molecule has 10 nitrogen and oxygen atoms in total. The van der Waals surface area contributed by atoms with E-state index in [1.807, 2.05) is 18.2 Å². The Hall–Kier alpha value is -2.76. The minimum absolute atomic E-state index is 0.0143. The Morgan fingerprint density at radius 1 is 1.19 bits per heavy atom. The monoisotopic (exact) mass is 460 g/mol. The number of nitrogens with one attached hydrogen (secondary N) is 2. The second kappa shape index (κ2) is 9.80. The van der Waals surface area contributed by atoms with Crippen LogP contribution in [0.4, 0.5) is 5.95 Å². The van der Waals surface area contributed by atoms with Crippen LogP contribution in [0.25, 0.3) is 16.7 Å². The quantitative estimate of drug-likeness (QED) is 0.412. The van der Waals surface area contributed by atoms with Crippen LogP contribution in [0.15, 0.2) is 36.7 Å². The molecule has 0 amide bonds. The van der Waals surface area contributed by atoms with Crippen molar-refractivity contribution in [3.63, 3.8) is 0 Å². The standard InChI is InChI=1S/C21H28N6O4S/c1-32(29,30)26-16-8-6-15(7-9-16)24-21-22-11-10-20(25-21)27-18-4-2-5-19(17(18)14-23-27)31-13-3-12-28/h2,4-5,10-11,14-16,26,28H,3,6-9,12-13H2,1H3,(H,22,24,25). The number of benzene rings is 1. The van der Waals surface area contributed by atoms with Gasteiger partial charge in [-0.1, -0.05) is 6.07 Å². The van der Waals surface area contributed by atoms with Gasteiger partial charge in [0.15, 0.2) is 5.82 Å². The predicted octanol–water partition coefficient (Wildman–Crippen LogP) is 1.85. The lowest BCUT2D eigenvalue weighted by atomic mass is 9.92. The minimum atomic E-state index is -3.18. The number of fused-ring (bicyclic) bond motifs is 1. The third-order valence-electron chi connectivity index (χ3n) is 5.43. The van der Waals surface area contributed by atoms with Crippen LogP contribution in [0, 0.1) is 0 Å². The molecule has 1 aromatic carbocycles. The van der Waals surface area contributed by atoms with Gasteiger partial charge in [-0.3, -0.25) is 0 Å². The maximum Gasteiger partial charge on any atom is 0.224 e. The number of ether oxygens (including phenoxy) is 1. The van der Waals surface area contributed by atoms with E-state index in [2.05, 4.69) is 25.1 Å². The number of nitrogens with zero attached hydrogens (tertiary/aromatic N) is 4. The van der Waals surface area contributed by atoms with Crippen LogP contribution >= 0.6 is 0 Å². The molecule has 0 aliphatic heterocycles. The van der Waals surface area contributed by atoms with E-state index >= 15 is 0 Å². The zero-order chi connectivity index (χ0) is 22.6. The van der Waals surface area contributed by atoms with E-state index in [-0.39, 0.29) is 18.7 Å². The molecule has 11 heteroatoms. The number of rotatable bonds is 9. The van der Waals surface area contributed by atoms with Gasteiger partial charge in [0.05, 0.1) is 30.0 Å². The molecule has 3 N–H and O–H groups in total. The number of anilines is 1. The Kier molecular flexibility index (Phi) is 6.87. The Morgan fingerprint density at radius 3 is 2.72 bits per heavy atom. The minimum Gasteiger partial charge on any atom is -0.493 e. The molecular weight excluding hydrogens is 432 g/mol. The summed E-state index contributed by atoms with van der Waals surface area (Å²) in [6, 6.07) is 7.70. The maximum atomic E-state index is 11.4. The Labute approximate surface area is 187 Å². The molecule has 4 rings (SSSR count).